The number of aliphatic hydroxyl groups excluding tert-OH is 1. The summed E-state index contributed by atoms with van der Waals surface area (Å²) in [4.78, 5) is 0. The summed E-state index contributed by atoms with van der Waals surface area (Å²) in [5.41, 5.74) is 0.952. The third-order valence-electron chi connectivity index (χ3n) is 3.09. The largest absolute Gasteiger partial charge is 0.469 e. The maximum atomic E-state index is 9.93. The molecule has 1 aromatic rings. The normalized spacial score (nSPS) is 12.9. The van der Waals surface area contributed by atoms with Gasteiger partial charge in [0, 0.05) is 5.56 Å². The van der Waals surface area contributed by atoms with E-state index in [0.717, 1.165) is 24.2 Å². The number of hydrogen-bond donors (Lipinski definition) is 1. The van der Waals surface area contributed by atoms with Crippen molar-refractivity contribution in [2.45, 2.75) is 64.9 Å². The van der Waals surface area contributed by atoms with E-state index in [1.54, 1.807) is 6.26 Å². The van der Waals surface area contributed by atoms with Crippen molar-refractivity contribution in [2.75, 3.05) is 0 Å². The van der Waals surface area contributed by atoms with Crippen molar-refractivity contribution < 1.29 is 9.52 Å². The quantitative estimate of drug-likeness (QED) is 0.665. The fourth-order valence-electron chi connectivity index (χ4n) is 2.01. The predicted molar refractivity (Wildman–Crippen MR) is 66.4 cm³/mol. The Balaban J connectivity index is 2.11. The Hall–Kier alpha value is -0.760. The first-order valence-corrected chi connectivity index (χ1v) is 6.47. The van der Waals surface area contributed by atoms with Gasteiger partial charge in [-0.3, -0.25) is 0 Å². The van der Waals surface area contributed by atoms with Gasteiger partial charge in [-0.1, -0.05) is 45.4 Å². The van der Waals surface area contributed by atoms with Gasteiger partial charge >= 0.3 is 0 Å². The third-order valence-corrected chi connectivity index (χ3v) is 3.09. The summed E-state index contributed by atoms with van der Waals surface area (Å²) in [5, 5.41) is 9.93. The molecule has 0 aliphatic carbocycles. The zero-order valence-electron chi connectivity index (χ0n) is 10.5. The van der Waals surface area contributed by atoms with Crippen LogP contribution in [0.15, 0.2) is 16.7 Å². The van der Waals surface area contributed by atoms with Gasteiger partial charge in [0.1, 0.15) is 5.76 Å². The smallest absolute Gasteiger partial charge is 0.106 e. The van der Waals surface area contributed by atoms with Crippen LogP contribution in [0.4, 0.5) is 0 Å². The standard InChI is InChI=1S/C14H24O2/c1-3-4-5-6-7-8-9-14(15)13-10-11-16-12(13)2/h10-11,14-15H,3-9H2,1-2H3. The van der Waals surface area contributed by atoms with Crippen molar-refractivity contribution in [3.05, 3.63) is 23.7 Å². The monoisotopic (exact) mass is 224 g/mol. The second kappa shape index (κ2) is 7.50. The zero-order chi connectivity index (χ0) is 11.8. The molecule has 1 atom stereocenters. The van der Waals surface area contributed by atoms with Crippen molar-refractivity contribution in [2.24, 2.45) is 0 Å². The van der Waals surface area contributed by atoms with Gasteiger partial charge in [-0.05, 0) is 19.4 Å². The molecular weight excluding hydrogens is 200 g/mol. The molecule has 0 bridgehead atoms. The SMILES string of the molecule is CCCCCCCCC(O)c1ccoc1C. The number of aliphatic hydroxyl groups is 1. The molecule has 1 aromatic heterocycles. The molecule has 0 saturated heterocycles. The Morgan fingerprint density at radius 1 is 1.19 bits per heavy atom. The minimum absolute atomic E-state index is 0.343. The minimum Gasteiger partial charge on any atom is -0.469 e. The Labute approximate surface area is 98.7 Å². The van der Waals surface area contributed by atoms with Crippen LogP contribution in [0.1, 0.15) is 69.3 Å². The molecule has 0 spiro atoms. The molecule has 1 unspecified atom stereocenters. The Morgan fingerprint density at radius 2 is 1.88 bits per heavy atom. The first kappa shape index (κ1) is 13.3. The van der Waals surface area contributed by atoms with Crippen LogP contribution >= 0.6 is 0 Å². The van der Waals surface area contributed by atoms with Crippen LogP contribution in [-0.2, 0) is 0 Å². The van der Waals surface area contributed by atoms with Crippen LogP contribution < -0.4 is 0 Å². The molecule has 2 nitrogen and oxygen atoms in total. The highest BCUT2D eigenvalue weighted by molar-refractivity contribution is 5.18. The van der Waals surface area contributed by atoms with Crippen LogP contribution in [0.2, 0.25) is 0 Å². The molecule has 1 N–H and O–H groups in total. The van der Waals surface area contributed by atoms with Gasteiger partial charge in [-0.2, -0.15) is 0 Å². The maximum Gasteiger partial charge on any atom is 0.106 e. The average Bonchev–Trinajstić information content (AvgIpc) is 2.69. The van der Waals surface area contributed by atoms with Gasteiger partial charge in [-0.25, -0.2) is 0 Å². The van der Waals surface area contributed by atoms with Crippen molar-refractivity contribution >= 4 is 0 Å². The fraction of sp³-hybridized carbons (Fsp3) is 0.714. The number of unbranched alkanes of at least 4 members (excludes halogenated alkanes) is 5. The van der Waals surface area contributed by atoms with Crippen molar-refractivity contribution in [3.63, 3.8) is 0 Å². The topological polar surface area (TPSA) is 33.4 Å². The number of furan rings is 1. The number of rotatable bonds is 8. The molecule has 92 valence electrons. The fourth-order valence-corrected chi connectivity index (χ4v) is 2.01. The van der Waals surface area contributed by atoms with Gasteiger partial charge < -0.3 is 9.52 Å². The lowest BCUT2D eigenvalue weighted by Crippen LogP contribution is -1.97. The maximum absolute atomic E-state index is 9.93. The van der Waals surface area contributed by atoms with Gasteiger partial charge in [-0.15, -0.1) is 0 Å². The van der Waals surface area contributed by atoms with Gasteiger partial charge in [0.05, 0.1) is 12.4 Å². The summed E-state index contributed by atoms with van der Waals surface area (Å²) in [6.07, 6.45) is 9.75. The van der Waals surface area contributed by atoms with E-state index in [0.29, 0.717) is 0 Å². The van der Waals surface area contributed by atoms with Crippen LogP contribution in [0.5, 0.6) is 0 Å². The number of aryl methyl sites for hydroxylation is 1. The molecule has 1 heterocycles. The lowest BCUT2D eigenvalue weighted by molar-refractivity contribution is 0.161. The van der Waals surface area contributed by atoms with Gasteiger partial charge in [0.2, 0.25) is 0 Å². The lowest BCUT2D eigenvalue weighted by atomic mass is 10.0. The van der Waals surface area contributed by atoms with E-state index < -0.39 is 0 Å². The lowest BCUT2D eigenvalue weighted by Gasteiger charge is -2.09. The van der Waals surface area contributed by atoms with E-state index in [2.05, 4.69) is 6.92 Å². The summed E-state index contributed by atoms with van der Waals surface area (Å²) in [6.45, 7) is 4.13. The molecule has 1 rings (SSSR count). The van der Waals surface area contributed by atoms with E-state index in [4.69, 9.17) is 4.42 Å². The highest BCUT2D eigenvalue weighted by Gasteiger charge is 2.11. The van der Waals surface area contributed by atoms with Crippen LogP contribution in [-0.4, -0.2) is 5.11 Å². The van der Waals surface area contributed by atoms with Crippen LogP contribution in [0.3, 0.4) is 0 Å². The highest BCUT2D eigenvalue weighted by atomic mass is 16.3. The second-order valence-corrected chi connectivity index (χ2v) is 4.50. The molecule has 16 heavy (non-hydrogen) atoms. The zero-order valence-corrected chi connectivity index (χ0v) is 10.5. The van der Waals surface area contributed by atoms with E-state index >= 15 is 0 Å². The Morgan fingerprint density at radius 3 is 2.50 bits per heavy atom. The van der Waals surface area contributed by atoms with Crippen LogP contribution in [0.25, 0.3) is 0 Å². The first-order chi connectivity index (χ1) is 7.75. The van der Waals surface area contributed by atoms with E-state index in [-0.39, 0.29) is 6.10 Å². The molecule has 0 fully saturated rings. The molecule has 2 heteroatoms. The highest BCUT2D eigenvalue weighted by Crippen LogP contribution is 2.23. The van der Waals surface area contributed by atoms with Crippen LogP contribution in [0, 0.1) is 6.92 Å². The predicted octanol–water partition coefficient (Wildman–Crippen LogP) is 4.37. The van der Waals surface area contributed by atoms with Crippen molar-refractivity contribution in [1.29, 1.82) is 0 Å². The van der Waals surface area contributed by atoms with Gasteiger partial charge in [0.25, 0.3) is 0 Å². The summed E-state index contributed by atoms with van der Waals surface area (Å²) < 4.78 is 5.19. The number of hydrogen-bond acceptors (Lipinski definition) is 2. The molecular formula is C14H24O2. The average molecular weight is 224 g/mol. The Bertz CT molecular complexity index is 278. The summed E-state index contributed by atoms with van der Waals surface area (Å²) in [7, 11) is 0. The summed E-state index contributed by atoms with van der Waals surface area (Å²) >= 11 is 0. The minimum atomic E-state index is -0.343. The molecule has 0 amide bonds. The van der Waals surface area contributed by atoms with Gasteiger partial charge in [0.15, 0.2) is 0 Å². The van der Waals surface area contributed by atoms with E-state index in [9.17, 15) is 5.11 Å². The van der Waals surface area contributed by atoms with E-state index in [1.807, 2.05) is 13.0 Å². The van der Waals surface area contributed by atoms with Crippen molar-refractivity contribution in [3.8, 4) is 0 Å². The Kier molecular flexibility index (Phi) is 6.24. The summed E-state index contributed by atoms with van der Waals surface area (Å²) in [5.74, 6) is 0.846. The summed E-state index contributed by atoms with van der Waals surface area (Å²) in [6, 6.07) is 1.87. The molecule has 0 radical (unpaired) electrons. The molecule has 0 aliphatic heterocycles. The first-order valence-electron chi connectivity index (χ1n) is 6.47. The molecule has 0 aromatic carbocycles. The molecule has 0 saturated carbocycles. The van der Waals surface area contributed by atoms with E-state index in [1.165, 1.54) is 32.1 Å². The third kappa shape index (κ3) is 4.40. The second-order valence-electron chi connectivity index (χ2n) is 4.50. The van der Waals surface area contributed by atoms with Crippen molar-refractivity contribution in [1.82, 2.24) is 0 Å². The molecule has 0 aliphatic rings.